The van der Waals surface area contributed by atoms with Gasteiger partial charge in [0.15, 0.2) is 0 Å². The van der Waals surface area contributed by atoms with Crippen molar-refractivity contribution in [1.82, 2.24) is 24.8 Å². The lowest BCUT2D eigenvalue weighted by Gasteiger charge is -2.26. The minimum absolute atomic E-state index is 0.0133. The van der Waals surface area contributed by atoms with E-state index in [4.69, 9.17) is 4.98 Å². The third-order valence-corrected chi connectivity index (χ3v) is 5.80. The van der Waals surface area contributed by atoms with Crippen molar-refractivity contribution in [2.24, 2.45) is 0 Å². The van der Waals surface area contributed by atoms with Crippen LogP contribution >= 0.6 is 0 Å². The van der Waals surface area contributed by atoms with Gasteiger partial charge in [-0.1, -0.05) is 18.2 Å². The fourth-order valence-corrected chi connectivity index (χ4v) is 3.63. The first-order valence-electron chi connectivity index (χ1n) is 10.3. The highest BCUT2D eigenvalue weighted by molar-refractivity contribution is 6.08. The molecule has 3 heterocycles. The Morgan fingerprint density at radius 2 is 1.87 bits per heavy atom. The Morgan fingerprint density at radius 1 is 1.10 bits per heavy atom. The van der Waals surface area contributed by atoms with Crippen molar-refractivity contribution >= 4 is 16.8 Å². The number of fused-ring (bicyclic) bond motifs is 1. The Morgan fingerprint density at radius 3 is 2.58 bits per heavy atom. The maximum absolute atomic E-state index is 13.6. The van der Waals surface area contributed by atoms with Crippen molar-refractivity contribution < 1.29 is 4.79 Å². The van der Waals surface area contributed by atoms with E-state index in [1.54, 1.807) is 23.5 Å². The van der Waals surface area contributed by atoms with Crippen LogP contribution < -0.4 is 0 Å². The maximum atomic E-state index is 13.6. The van der Waals surface area contributed by atoms with Gasteiger partial charge in [0, 0.05) is 54.7 Å². The second kappa shape index (κ2) is 8.60. The van der Waals surface area contributed by atoms with E-state index in [-0.39, 0.29) is 11.9 Å². The Kier molecular flexibility index (Phi) is 5.71. The van der Waals surface area contributed by atoms with Crippen LogP contribution in [-0.2, 0) is 6.42 Å². The van der Waals surface area contributed by atoms with Gasteiger partial charge in [-0.3, -0.25) is 9.78 Å². The molecule has 0 saturated heterocycles. The van der Waals surface area contributed by atoms with E-state index < -0.39 is 0 Å². The van der Waals surface area contributed by atoms with Crippen LogP contribution in [0.3, 0.4) is 0 Å². The summed E-state index contributed by atoms with van der Waals surface area (Å²) in [6.07, 6.45) is 7.38. The van der Waals surface area contributed by atoms with E-state index in [1.165, 1.54) is 6.33 Å². The smallest absolute Gasteiger partial charge is 0.254 e. The molecule has 0 radical (unpaired) electrons. The molecule has 156 valence electrons. The minimum Gasteiger partial charge on any atom is -0.339 e. The van der Waals surface area contributed by atoms with Gasteiger partial charge < -0.3 is 4.90 Å². The summed E-state index contributed by atoms with van der Waals surface area (Å²) in [5, 5.41) is 0.852. The molecule has 0 aliphatic rings. The van der Waals surface area contributed by atoms with Crippen LogP contribution in [0.2, 0.25) is 0 Å². The number of pyridine rings is 2. The van der Waals surface area contributed by atoms with Crippen molar-refractivity contribution in [2.45, 2.75) is 33.2 Å². The molecule has 0 aliphatic carbocycles. The van der Waals surface area contributed by atoms with Crippen LogP contribution in [0.25, 0.3) is 22.2 Å². The SMILES string of the molecule is Cc1ccc2c(C(=O)N(C)[C@@H](C)Cc3ccccn3)cc(-c3cncnc3)nc2c1C. The summed E-state index contributed by atoms with van der Waals surface area (Å²) in [5.41, 5.74) is 6.09. The predicted molar refractivity (Wildman–Crippen MR) is 122 cm³/mol. The molecule has 3 aromatic heterocycles. The molecule has 31 heavy (non-hydrogen) atoms. The topological polar surface area (TPSA) is 71.9 Å². The lowest BCUT2D eigenvalue weighted by molar-refractivity contribution is 0.0745. The van der Waals surface area contributed by atoms with Crippen LogP contribution in [0, 0.1) is 13.8 Å². The average Bonchev–Trinajstić information content (AvgIpc) is 2.81. The summed E-state index contributed by atoms with van der Waals surface area (Å²) < 4.78 is 0. The third-order valence-electron chi connectivity index (χ3n) is 5.80. The normalized spacial score (nSPS) is 12.0. The van der Waals surface area contributed by atoms with E-state index in [1.807, 2.05) is 57.3 Å². The summed E-state index contributed by atoms with van der Waals surface area (Å²) >= 11 is 0. The molecule has 1 atom stereocenters. The van der Waals surface area contributed by atoms with E-state index in [0.717, 1.165) is 33.3 Å². The zero-order chi connectivity index (χ0) is 22.0. The van der Waals surface area contributed by atoms with Crippen LogP contribution in [0.5, 0.6) is 0 Å². The number of carbonyl (C=O) groups is 1. The number of hydrogen-bond donors (Lipinski definition) is 0. The van der Waals surface area contributed by atoms with Gasteiger partial charge in [-0.05, 0) is 50.1 Å². The number of carbonyl (C=O) groups excluding carboxylic acids is 1. The number of aromatic nitrogens is 4. The van der Waals surface area contributed by atoms with Crippen LogP contribution in [0.4, 0.5) is 0 Å². The van der Waals surface area contributed by atoms with Gasteiger partial charge in [0.05, 0.1) is 16.8 Å². The van der Waals surface area contributed by atoms with Gasteiger partial charge in [-0.25, -0.2) is 15.0 Å². The summed E-state index contributed by atoms with van der Waals surface area (Å²) in [6.45, 7) is 6.13. The van der Waals surface area contributed by atoms with Crippen molar-refractivity contribution in [3.8, 4) is 11.3 Å². The fourth-order valence-electron chi connectivity index (χ4n) is 3.63. The van der Waals surface area contributed by atoms with Crippen molar-refractivity contribution in [3.63, 3.8) is 0 Å². The monoisotopic (exact) mass is 411 g/mol. The number of rotatable bonds is 5. The Bertz CT molecular complexity index is 1230. The van der Waals surface area contributed by atoms with E-state index in [9.17, 15) is 4.79 Å². The number of aryl methyl sites for hydroxylation is 2. The molecule has 0 bridgehead atoms. The first-order chi connectivity index (χ1) is 15.0. The number of amides is 1. The molecule has 0 saturated carbocycles. The first-order valence-corrected chi connectivity index (χ1v) is 10.3. The lowest BCUT2D eigenvalue weighted by atomic mass is 9.98. The zero-order valence-electron chi connectivity index (χ0n) is 18.2. The zero-order valence-corrected chi connectivity index (χ0v) is 18.2. The molecule has 0 spiro atoms. The standard InChI is InChI=1S/C25H25N5O/c1-16-8-9-21-22(25(31)30(4)17(2)11-20-7-5-6-10-28-20)12-23(29-24(21)18(16)3)19-13-26-15-27-14-19/h5-10,12-15,17H,11H2,1-4H3/t17-/m0/s1. The molecule has 0 fully saturated rings. The molecular weight excluding hydrogens is 386 g/mol. The number of nitrogens with zero attached hydrogens (tertiary/aromatic N) is 5. The molecule has 0 N–H and O–H groups in total. The molecule has 0 unspecified atom stereocenters. The highest BCUT2D eigenvalue weighted by atomic mass is 16.2. The molecular formula is C25H25N5O. The second-order valence-corrected chi connectivity index (χ2v) is 7.88. The third kappa shape index (κ3) is 4.14. The average molecular weight is 412 g/mol. The van der Waals surface area contributed by atoms with E-state index in [0.29, 0.717) is 17.7 Å². The molecule has 6 nitrogen and oxygen atoms in total. The second-order valence-electron chi connectivity index (χ2n) is 7.88. The summed E-state index contributed by atoms with van der Waals surface area (Å²) in [7, 11) is 1.84. The predicted octanol–water partition coefficient (Wildman–Crippen LogP) is 4.41. The van der Waals surface area contributed by atoms with Gasteiger partial charge in [0.2, 0.25) is 0 Å². The molecule has 4 aromatic rings. The van der Waals surface area contributed by atoms with Gasteiger partial charge in [0.1, 0.15) is 6.33 Å². The minimum atomic E-state index is -0.0443. The summed E-state index contributed by atoms with van der Waals surface area (Å²) in [4.78, 5) is 32.9. The van der Waals surface area contributed by atoms with Gasteiger partial charge in [-0.15, -0.1) is 0 Å². The molecule has 1 amide bonds. The Balaban J connectivity index is 1.78. The van der Waals surface area contributed by atoms with Crippen molar-refractivity contribution in [1.29, 1.82) is 0 Å². The highest BCUT2D eigenvalue weighted by Crippen LogP contribution is 2.29. The number of likely N-dealkylation sites (N-methyl/N-ethyl adjacent to an activating group) is 1. The van der Waals surface area contributed by atoms with E-state index in [2.05, 4.69) is 21.9 Å². The Hall–Kier alpha value is -3.67. The van der Waals surface area contributed by atoms with Gasteiger partial charge in [0.25, 0.3) is 5.91 Å². The largest absolute Gasteiger partial charge is 0.339 e. The van der Waals surface area contributed by atoms with Crippen LogP contribution in [0.15, 0.2) is 61.3 Å². The number of hydrogen-bond acceptors (Lipinski definition) is 5. The molecule has 4 rings (SSSR count). The fraction of sp³-hybridized carbons (Fsp3) is 0.240. The molecule has 0 aliphatic heterocycles. The van der Waals surface area contributed by atoms with Gasteiger partial charge in [-0.2, -0.15) is 0 Å². The molecule has 6 heteroatoms. The molecule has 1 aromatic carbocycles. The van der Waals surface area contributed by atoms with Gasteiger partial charge >= 0.3 is 0 Å². The maximum Gasteiger partial charge on any atom is 0.254 e. The van der Waals surface area contributed by atoms with Crippen LogP contribution in [0.1, 0.15) is 34.1 Å². The van der Waals surface area contributed by atoms with E-state index >= 15 is 0 Å². The Labute approximate surface area is 182 Å². The summed E-state index contributed by atoms with van der Waals surface area (Å²) in [6, 6.07) is 11.7. The van der Waals surface area contributed by atoms with Crippen LogP contribution in [-0.4, -0.2) is 43.8 Å². The first kappa shape index (κ1) is 20.6. The number of benzene rings is 1. The quantitative estimate of drug-likeness (QED) is 0.486. The van der Waals surface area contributed by atoms with Crippen molar-refractivity contribution in [2.75, 3.05) is 7.05 Å². The summed E-state index contributed by atoms with van der Waals surface area (Å²) in [5.74, 6) is -0.0443. The van der Waals surface area contributed by atoms with Crippen molar-refractivity contribution in [3.05, 3.63) is 83.7 Å². The highest BCUT2D eigenvalue weighted by Gasteiger charge is 2.22. The lowest BCUT2D eigenvalue weighted by Crippen LogP contribution is -2.36.